The van der Waals surface area contributed by atoms with E-state index >= 15 is 0 Å². The van der Waals surface area contributed by atoms with Gasteiger partial charge in [-0.25, -0.2) is 0 Å². The molecule has 0 unspecified atom stereocenters. The fraction of sp³-hybridized carbons (Fsp3) is 0.538. The normalized spacial score (nSPS) is 19.2. The Morgan fingerprint density at radius 2 is 1.62 bits per heavy atom. The molecule has 6 heteroatoms. The minimum atomic E-state index is -0.244. The molecule has 0 amide bonds. The molecule has 0 aromatic heterocycles. The molecule has 0 aliphatic carbocycles. The lowest BCUT2D eigenvalue weighted by atomic mass is 9.91. The number of nitrogens with zero attached hydrogens (tertiary/aromatic N) is 2. The minimum absolute atomic E-state index is 0.244. The molecule has 0 saturated carbocycles. The van der Waals surface area contributed by atoms with Gasteiger partial charge in [0.15, 0.2) is 0 Å². The number of hydrogen-bond donors (Lipinski definition) is 0. The van der Waals surface area contributed by atoms with E-state index in [-0.39, 0.29) is 5.60 Å². The van der Waals surface area contributed by atoms with Crippen LogP contribution in [0, 0.1) is 0 Å². The second kappa shape index (κ2) is 11.4. The Balaban J connectivity index is 1.20. The van der Waals surface area contributed by atoms with Crippen LogP contribution in [-0.2, 0) is 11.3 Å². The second-order valence-electron chi connectivity index (χ2n) is 8.95. The van der Waals surface area contributed by atoms with Crippen molar-refractivity contribution in [1.29, 1.82) is 0 Å². The lowest BCUT2D eigenvalue weighted by Crippen LogP contribution is -2.48. The molecule has 2 saturated heterocycles. The average molecular weight is 459 g/mol. The van der Waals surface area contributed by atoms with Crippen LogP contribution in [0.25, 0.3) is 0 Å². The number of piperidine rings is 1. The van der Waals surface area contributed by atoms with E-state index in [1.54, 1.807) is 7.11 Å². The molecule has 0 bridgehead atoms. The Labute approximate surface area is 197 Å². The summed E-state index contributed by atoms with van der Waals surface area (Å²) in [7, 11) is 1.79. The molecule has 2 fully saturated rings. The van der Waals surface area contributed by atoms with E-state index in [2.05, 4.69) is 34.1 Å². The predicted molar refractivity (Wildman–Crippen MR) is 129 cm³/mol. The zero-order valence-corrected chi connectivity index (χ0v) is 19.9. The molecule has 0 spiro atoms. The van der Waals surface area contributed by atoms with Gasteiger partial charge in [0.25, 0.3) is 0 Å². The summed E-state index contributed by atoms with van der Waals surface area (Å²) in [5.41, 5.74) is 1.07. The third kappa shape index (κ3) is 6.61. The Morgan fingerprint density at radius 1 is 0.875 bits per heavy atom. The van der Waals surface area contributed by atoms with Crippen molar-refractivity contribution in [2.75, 3.05) is 53.0 Å². The number of likely N-dealkylation sites (tertiary alicyclic amines) is 2. The zero-order valence-electron chi connectivity index (χ0n) is 19.1. The molecule has 2 aromatic rings. The molecule has 174 valence electrons. The molecule has 5 nitrogen and oxygen atoms in total. The van der Waals surface area contributed by atoms with E-state index in [0.29, 0.717) is 11.6 Å². The first-order valence-corrected chi connectivity index (χ1v) is 12.1. The molecule has 0 atom stereocenters. The SMILES string of the molecule is COC1(COc2cccc(Cl)c2)CCN(Cc2ccc(OCCN3CCCC3)cc2)CC1. The van der Waals surface area contributed by atoms with E-state index in [1.165, 1.54) is 31.5 Å². The van der Waals surface area contributed by atoms with E-state index < -0.39 is 0 Å². The highest BCUT2D eigenvalue weighted by molar-refractivity contribution is 6.30. The Hall–Kier alpha value is -1.79. The van der Waals surface area contributed by atoms with Crippen molar-refractivity contribution in [3.05, 3.63) is 59.1 Å². The molecular formula is C26H35ClN2O3. The van der Waals surface area contributed by atoms with Crippen LogP contribution in [0.15, 0.2) is 48.5 Å². The van der Waals surface area contributed by atoms with Crippen LogP contribution >= 0.6 is 11.6 Å². The molecular weight excluding hydrogens is 424 g/mol. The van der Waals surface area contributed by atoms with Gasteiger partial charge in [-0.2, -0.15) is 0 Å². The summed E-state index contributed by atoms with van der Waals surface area (Å²) in [5.74, 6) is 1.75. The summed E-state index contributed by atoms with van der Waals surface area (Å²) in [6, 6.07) is 16.1. The maximum Gasteiger partial charge on any atom is 0.120 e. The van der Waals surface area contributed by atoms with Gasteiger partial charge in [0.05, 0.1) is 0 Å². The van der Waals surface area contributed by atoms with E-state index in [9.17, 15) is 0 Å². The van der Waals surface area contributed by atoms with Gasteiger partial charge < -0.3 is 14.2 Å². The number of halogens is 1. The first kappa shape index (κ1) is 23.4. The summed E-state index contributed by atoms with van der Waals surface area (Å²) >= 11 is 6.06. The van der Waals surface area contributed by atoms with E-state index in [1.807, 2.05) is 24.3 Å². The topological polar surface area (TPSA) is 34.2 Å². The van der Waals surface area contributed by atoms with Crippen LogP contribution in [0.1, 0.15) is 31.2 Å². The van der Waals surface area contributed by atoms with Crippen molar-refractivity contribution < 1.29 is 14.2 Å². The fourth-order valence-corrected chi connectivity index (χ4v) is 4.73. The summed E-state index contributed by atoms with van der Waals surface area (Å²) in [5, 5.41) is 0.687. The smallest absolute Gasteiger partial charge is 0.120 e. The van der Waals surface area contributed by atoms with Gasteiger partial charge in [-0.15, -0.1) is 0 Å². The Kier molecular flexibility index (Phi) is 8.31. The Bertz CT molecular complexity index is 831. The highest BCUT2D eigenvalue weighted by Crippen LogP contribution is 2.29. The van der Waals surface area contributed by atoms with Crippen LogP contribution in [0.4, 0.5) is 0 Å². The maximum absolute atomic E-state index is 6.06. The van der Waals surface area contributed by atoms with E-state index in [0.717, 1.165) is 57.1 Å². The van der Waals surface area contributed by atoms with Crippen molar-refractivity contribution in [2.24, 2.45) is 0 Å². The number of rotatable bonds is 10. The quantitative estimate of drug-likeness (QED) is 0.507. The average Bonchev–Trinajstić information content (AvgIpc) is 3.34. The highest BCUT2D eigenvalue weighted by atomic mass is 35.5. The molecule has 0 radical (unpaired) electrons. The predicted octanol–water partition coefficient (Wildman–Crippen LogP) is 4.87. The summed E-state index contributed by atoms with van der Waals surface area (Å²) in [6.07, 6.45) is 4.54. The molecule has 2 aliphatic rings. The van der Waals surface area contributed by atoms with Gasteiger partial charge in [-0.05, 0) is 74.7 Å². The first-order chi connectivity index (χ1) is 15.6. The van der Waals surface area contributed by atoms with Crippen molar-refractivity contribution >= 4 is 11.6 Å². The lowest BCUT2D eigenvalue weighted by molar-refractivity contribution is -0.0839. The molecule has 4 rings (SSSR count). The summed E-state index contributed by atoms with van der Waals surface area (Å²) in [4.78, 5) is 4.96. The molecule has 32 heavy (non-hydrogen) atoms. The Morgan fingerprint density at radius 3 is 2.31 bits per heavy atom. The van der Waals surface area contributed by atoms with Crippen molar-refractivity contribution in [2.45, 2.75) is 37.8 Å². The lowest BCUT2D eigenvalue weighted by Gasteiger charge is -2.40. The van der Waals surface area contributed by atoms with Crippen LogP contribution in [-0.4, -0.2) is 68.4 Å². The highest BCUT2D eigenvalue weighted by Gasteiger charge is 2.35. The van der Waals surface area contributed by atoms with Crippen LogP contribution in [0.3, 0.4) is 0 Å². The number of hydrogen-bond acceptors (Lipinski definition) is 5. The van der Waals surface area contributed by atoms with Gasteiger partial charge in [-0.1, -0.05) is 29.8 Å². The molecule has 2 aromatic carbocycles. The second-order valence-corrected chi connectivity index (χ2v) is 9.39. The third-order valence-electron chi connectivity index (χ3n) is 6.70. The molecule has 0 N–H and O–H groups in total. The van der Waals surface area contributed by atoms with Crippen molar-refractivity contribution in [3.8, 4) is 11.5 Å². The largest absolute Gasteiger partial charge is 0.492 e. The van der Waals surface area contributed by atoms with Crippen LogP contribution < -0.4 is 9.47 Å². The van der Waals surface area contributed by atoms with Gasteiger partial charge >= 0.3 is 0 Å². The zero-order chi connectivity index (χ0) is 22.2. The summed E-state index contributed by atoms with van der Waals surface area (Å²) < 4.78 is 17.9. The number of ether oxygens (including phenoxy) is 3. The van der Waals surface area contributed by atoms with Crippen molar-refractivity contribution in [1.82, 2.24) is 9.80 Å². The molecule has 2 aliphatic heterocycles. The third-order valence-corrected chi connectivity index (χ3v) is 6.94. The van der Waals surface area contributed by atoms with E-state index in [4.69, 9.17) is 25.8 Å². The van der Waals surface area contributed by atoms with Crippen molar-refractivity contribution in [3.63, 3.8) is 0 Å². The van der Waals surface area contributed by atoms with Gasteiger partial charge in [0.2, 0.25) is 0 Å². The maximum atomic E-state index is 6.06. The first-order valence-electron chi connectivity index (χ1n) is 11.7. The fourth-order valence-electron chi connectivity index (χ4n) is 4.55. The number of methoxy groups -OCH3 is 1. The van der Waals surface area contributed by atoms with Gasteiger partial charge in [-0.3, -0.25) is 9.80 Å². The standard InChI is InChI=1S/C26H35ClN2O3/c1-30-26(21-32-25-6-4-5-23(27)19-25)11-15-29(16-12-26)20-22-7-9-24(10-8-22)31-18-17-28-13-2-3-14-28/h4-10,19H,2-3,11-18,20-21H2,1H3. The summed E-state index contributed by atoms with van der Waals surface area (Å²) in [6.45, 7) is 7.69. The van der Waals surface area contributed by atoms with Crippen LogP contribution in [0.5, 0.6) is 11.5 Å². The minimum Gasteiger partial charge on any atom is -0.492 e. The van der Waals surface area contributed by atoms with Gasteiger partial charge in [0, 0.05) is 38.3 Å². The monoisotopic (exact) mass is 458 g/mol. The number of benzene rings is 2. The van der Waals surface area contributed by atoms with Gasteiger partial charge in [0.1, 0.15) is 30.3 Å². The van der Waals surface area contributed by atoms with Crippen LogP contribution in [0.2, 0.25) is 5.02 Å². The molecule has 2 heterocycles.